The number of carboxylic acids is 1. The average molecular weight is 593 g/mol. The summed E-state index contributed by atoms with van der Waals surface area (Å²) in [5.41, 5.74) is 6.16. The van der Waals surface area contributed by atoms with Gasteiger partial charge in [-0.05, 0) is 58.1 Å². The Morgan fingerprint density at radius 1 is 0.907 bits per heavy atom. The zero-order valence-corrected chi connectivity index (χ0v) is 25.7. The Labute approximate surface area is 257 Å². The second-order valence-electron chi connectivity index (χ2n) is 11.5. The van der Waals surface area contributed by atoms with Crippen molar-refractivity contribution in [2.45, 2.75) is 55.8 Å². The third-order valence-electron chi connectivity index (χ3n) is 7.12. The number of hydrogen-bond donors (Lipinski definition) is 2. The number of anilines is 1. The van der Waals surface area contributed by atoms with Crippen LogP contribution in [-0.4, -0.2) is 25.8 Å². The molecule has 0 atom stereocenters. The van der Waals surface area contributed by atoms with E-state index < -0.39 is 5.97 Å². The molecule has 1 aromatic heterocycles. The average Bonchev–Trinajstić information content (AvgIpc) is 3.35. The second-order valence-corrected chi connectivity index (χ2v) is 12.5. The number of aromatic nitrogens is 3. The van der Waals surface area contributed by atoms with Gasteiger partial charge in [0.2, 0.25) is 0 Å². The maximum absolute atomic E-state index is 11.0. The first-order valence-corrected chi connectivity index (χ1v) is 15.0. The summed E-state index contributed by atoms with van der Waals surface area (Å²) in [7, 11) is 1.99. The number of carboxylic acid groups (broad SMARTS) is 1. The van der Waals surface area contributed by atoms with E-state index in [1.807, 2.05) is 72.3 Å². The number of nitrogens with zero attached hydrogens (tertiary/aromatic N) is 3. The van der Waals surface area contributed by atoms with Crippen LogP contribution in [0.3, 0.4) is 0 Å². The van der Waals surface area contributed by atoms with E-state index in [-0.39, 0.29) is 11.8 Å². The molecular weight excluding hydrogens is 556 g/mol. The molecule has 0 radical (unpaired) electrons. The van der Waals surface area contributed by atoms with Crippen LogP contribution < -0.4 is 10.1 Å². The minimum absolute atomic E-state index is 0.00732. The lowest BCUT2D eigenvalue weighted by atomic mass is 9.87. The van der Waals surface area contributed by atoms with E-state index in [1.165, 1.54) is 5.56 Å². The molecule has 2 N–H and O–H groups in total. The highest BCUT2D eigenvalue weighted by Crippen LogP contribution is 2.34. The Morgan fingerprint density at radius 2 is 1.63 bits per heavy atom. The van der Waals surface area contributed by atoms with Crippen LogP contribution in [0.25, 0.3) is 11.4 Å². The van der Waals surface area contributed by atoms with Crippen molar-refractivity contribution >= 4 is 23.4 Å². The van der Waals surface area contributed by atoms with Gasteiger partial charge in [0.15, 0.2) is 11.0 Å². The van der Waals surface area contributed by atoms with Crippen LogP contribution in [0.5, 0.6) is 5.75 Å². The molecule has 220 valence electrons. The van der Waals surface area contributed by atoms with Crippen molar-refractivity contribution in [3.8, 4) is 17.1 Å². The lowest BCUT2D eigenvalue weighted by Crippen LogP contribution is -2.10. The van der Waals surface area contributed by atoms with E-state index in [9.17, 15) is 4.79 Å². The Balaban J connectivity index is 1.34. The maximum atomic E-state index is 11.0. The van der Waals surface area contributed by atoms with Gasteiger partial charge in [0.05, 0.1) is 6.42 Å². The van der Waals surface area contributed by atoms with Crippen LogP contribution in [-0.2, 0) is 36.8 Å². The van der Waals surface area contributed by atoms with Crippen LogP contribution in [0.15, 0.2) is 107 Å². The van der Waals surface area contributed by atoms with Gasteiger partial charge in [-0.1, -0.05) is 93.6 Å². The molecule has 0 spiro atoms. The van der Waals surface area contributed by atoms with Crippen molar-refractivity contribution in [2.75, 3.05) is 5.32 Å². The van der Waals surface area contributed by atoms with Crippen LogP contribution in [0.2, 0.25) is 0 Å². The highest BCUT2D eigenvalue weighted by atomic mass is 32.2. The monoisotopic (exact) mass is 592 g/mol. The van der Waals surface area contributed by atoms with Gasteiger partial charge < -0.3 is 19.7 Å². The number of rotatable bonds is 11. The minimum atomic E-state index is -0.842. The first-order chi connectivity index (χ1) is 20.7. The van der Waals surface area contributed by atoms with Gasteiger partial charge in [-0.2, -0.15) is 0 Å². The molecule has 0 saturated heterocycles. The van der Waals surface area contributed by atoms with Crippen molar-refractivity contribution < 1.29 is 14.6 Å². The van der Waals surface area contributed by atoms with Gasteiger partial charge in [0, 0.05) is 35.3 Å². The number of ether oxygens (including phenoxy) is 1. The van der Waals surface area contributed by atoms with Gasteiger partial charge in [0.1, 0.15) is 12.4 Å². The Kier molecular flexibility index (Phi) is 9.16. The summed E-state index contributed by atoms with van der Waals surface area (Å²) in [6.07, 6.45) is 0.00732. The zero-order valence-electron chi connectivity index (χ0n) is 24.9. The highest BCUT2D eigenvalue weighted by molar-refractivity contribution is 7.99. The smallest absolute Gasteiger partial charge is 0.307 e. The summed E-state index contributed by atoms with van der Waals surface area (Å²) < 4.78 is 8.35. The number of hydrogen-bond acceptors (Lipinski definition) is 6. The van der Waals surface area contributed by atoms with E-state index in [4.69, 9.17) is 9.84 Å². The molecule has 0 aliphatic carbocycles. The van der Waals surface area contributed by atoms with E-state index in [2.05, 4.69) is 72.7 Å². The van der Waals surface area contributed by atoms with Gasteiger partial charge in [-0.25, -0.2) is 0 Å². The fourth-order valence-electron chi connectivity index (χ4n) is 4.61. The predicted octanol–water partition coefficient (Wildman–Crippen LogP) is 7.75. The second kappa shape index (κ2) is 13.2. The number of carbonyl (C=O) groups is 1. The molecule has 0 saturated carbocycles. The third kappa shape index (κ3) is 7.84. The molecule has 0 aliphatic heterocycles. The molecule has 0 bridgehead atoms. The summed E-state index contributed by atoms with van der Waals surface area (Å²) in [6, 6.07) is 32.3. The quantitative estimate of drug-likeness (QED) is 0.162. The third-order valence-corrected chi connectivity index (χ3v) is 8.15. The lowest BCUT2D eigenvalue weighted by molar-refractivity contribution is -0.136. The molecule has 0 amide bonds. The molecule has 7 nitrogen and oxygen atoms in total. The molecule has 43 heavy (non-hydrogen) atoms. The molecule has 4 aromatic carbocycles. The molecular formula is C35H36N4O3S. The number of aliphatic carboxylic acids is 1. The van der Waals surface area contributed by atoms with Crippen LogP contribution in [0.4, 0.5) is 5.69 Å². The summed E-state index contributed by atoms with van der Waals surface area (Å²) in [5, 5.41) is 22.2. The summed E-state index contributed by atoms with van der Waals surface area (Å²) in [4.78, 5) is 12.0. The first-order valence-electron chi connectivity index (χ1n) is 14.2. The summed E-state index contributed by atoms with van der Waals surface area (Å²) >= 11 is 1.54. The number of nitrogens with one attached hydrogen (secondary N) is 1. The fourth-order valence-corrected chi connectivity index (χ4v) is 5.42. The molecule has 8 heteroatoms. The minimum Gasteiger partial charge on any atom is -0.489 e. The molecule has 1 heterocycles. The largest absolute Gasteiger partial charge is 0.489 e. The standard InChI is InChI=1S/C35H36N4O3S/c1-35(2,3)28-15-12-26(13-16-28)33-37-38-34(39(33)4)43-30-19-14-27(31(21-30)42-23-25-8-6-5-7-9-25)22-36-29-17-10-24(11-18-29)20-32(40)41/h5-19,21,36H,20,22-23H2,1-4H3,(H,40,41). The fraction of sp³-hybridized carbons (Fsp3) is 0.229. The van der Waals surface area contributed by atoms with Gasteiger partial charge >= 0.3 is 5.97 Å². The van der Waals surface area contributed by atoms with Gasteiger partial charge in [-0.3, -0.25) is 4.79 Å². The van der Waals surface area contributed by atoms with Crippen molar-refractivity contribution in [3.63, 3.8) is 0 Å². The Morgan fingerprint density at radius 3 is 2.30 bits per heavy atom. The summed E-state index contributed by atoms with van der Waals surface area (Å²) in [5.74, 6) is 0.758. The van der Waals surface area contributed by atoms with E-state index in [0.29, 0.717) is 13.2 Å². The van der Waals surface area contributed by atoms with Crippen LogP contribution in [0.1, 0.15) is 43.0 Å². The topological polar surface area (TPSA) is 89.3 Å². The molecule has 5 rings (SSSR count). The first kappa shape index (κ1) is 29.9. The lowest BCUT2D eigenvalue weighted by Gasteiger charge is -2.19. The molecule has 0 aliphatic rings. The molecule has 0 fully saturated rings. The van der Waals surface area contributed by atoms with Gasteiger partial charge in [0.25, 0.3) is 0 Å². The van der Waals surface area contributed by atoms with Gasteiger partial charge in [-0.15, -0.1) is 10.2 Å². The molecule has 0 unspecified atom stereocenters. The van der Waals surface area contributed by atoms with Crippen molar-refractivity contribution in [1.29, 1.82) is 0 Å². The van der Waals surface area contributed by atoms with Crippen molar-refractivity contribution in [3.05, 3.63) is 119 Å². The van der Waals surface area contributed by atoms with Crippen LogP contribution >= 0.6 is 11.8 Å². The zero-order chi connectivity index (χ0) is 30.4. The summed E-state index contributed by atoms with van der Waals surface area (Å²) in [6.45, 7) is 7.62. The Hall–Kier alpha value is -4.56. The van der Waals surface area contributed by atoms with E-state index in [0.717, 1.165) is 49.6 Å². The normalized spacial score (nSPS) is 11.3. The van der Waals surface area contributed by atoms with E-state index >= 15 is 0 Å². The number of benzene rings is 4. The van der Waals surface area contributed by atoms with Crippen molar-refractivity contribution in [2.24, 2.45) is 7.05 Å². The maximum Gasteiger partial charge on any atom is 0.307 e. The van der Waals surface area contributed by atoms with Crippen molar-refractivity contribution in [1.82, 2.24) is 14.8 Å². The van der Waals surface area contributed by atoms with Crippen LogP contribution in [0, 0.1) is 0 Å². The molecule has 5 aromatic rings. The predicted molar refractivity (Wildman–Crippen MR) is 172 cm³/mol. The SMILES string of the molecule is Cn1c(Sc2ccc(CNc3ccc(CC(=O)O)cc3)c(OCc3ccccc3)c2)nnc1-c1ccc(C(C)(C)C)cc1. The highest BCUT2D eigenvalue weighted by Gasteiger charge is 2.17. The van der Waals surface area contributed by atoms with E-state index in [1.54, 1.807) is 11.8 Å². The Bertz CT molecular complexity index is 1680.